The van der Waals surface area contributed by atoms with Gasteiger partial charge in [-0.3, -0.25) is 4.79 Å². The smallest absolute Gasteiger partial charge is 0.264 e. The zero-order valence-corrected chi connectivity index (χ0v) is 18.7. The largest absolute Gasteiger partial charge is 0.494 e. The van der Waals surface area contributed by atoms with Crippen molar-refractivity contribution in [3.05, 3.63) is 43.5 Å². The van der Waals surface area contributed by atoms with Crippen LogP contribution in [0.5, 0.6) is 5.75 Å². The summed E-state index contributed by atoms with van der Waals surface area (Å²) in [6, 6.07) is 6.67. The first kappa shape index (κ1) is 20.6. The highest BCUT2D eigenvalue weighted by atomic mass is 79.9. The average molecular weight is 494 g/mol. The van der Waals surface area contributed by atoms with E-state index in [1.165, 1.54) is 28.8 Å². The summed E-state index contributed by atoms with van der Waals surface area (Å²) in [7, 11) is -2.39. The van der Waals surface area contributed by atoms with Crippen LogP contribution in [0.2, 0.25) is 5.02 Å². The number of carbonyl (C=O) groups is 1. The molecule has 146 valence electrons. The van der Waals surface area contributed by atoms with Crippen LogP contribution in [-0.4, -0.2) is 56.8 Å². The normalized spacial score (nSPS) is 15.8. The van der Waals surface area contributed by atoms with Crippen molar-refractivity contribution in [3.63, 3.8) is 0 Å². The molecular formula is C17H18BrClN2O4S2. The second-order valence-electron chi connectivity index (χ2n) is 6.03. The predicted octanol–water partition coefficient (Wildman–Crippen LogP) is 3.63. The number of halogens is 2. The van der Waals surface area contributed by atoms with Gasteiger partial charge < -0.3 is 9.64 Å². The molecule has 0 saturated carbocycles. The fourth-order valence-electron chi connectivity index (χ4n) is 2.90. The van der Waals surface area contributed by atoms with E-state index in [-0.39, 0.29) is 29.6 Å². The molecule has 1 aromatic carbocycles. The highest BCUT2D eigenvalue weighted by Gasteiger charge is 2.33. The van der Waals surface area contributed by atoms with Gasteiger partial charge >= 0.3 is 0 Å². The van der Waals surface area contributed by atoms with Crippen molar-refractivity contribution < 1.29 is 17.9 Å². The molecule has 0 radical (unpaired) electrons. The Morgan fingerprint density at radius 3 is 2.44 bits per heavy atom. The van der Waals surface area contributed by atoms with E-state index in [4.69, 9.17) is 16.3 Å². The van der Waals surface area contributed by atoms with Crippen molar-refractivity contribution in [2.24, 2.45) is 0 Å². The molecule has 10 heteroatoms. The lowest BCUT2D eigenvalue weighted by molar-refractivity contribution is 0.0702. The fourth-order valence-corrected chi connectivity index (χ4v) is 6.53. The molecule has 27 heavy (non-hydrogen) atoms. The number of amides is 1. The lowest BCUT2D eigenvalue weighted by Crippen LogP contribution is -2.50. The Balaban J connectivity index is 1.78. The predicted molar refractivity (Wildman–Crippen MR) is 109 cm³/mol. The number of nitrogens with zero attached hydrogens (tertiary/aromatic N) is 2. The molecule has 6 nitrogen and oxygen atoms in total. The number of hydrogen-bond donors (Lipinski definition) is 0. The average Bonchev–Trinajstić information content (AvgIpc) is 3.07. The Bertz CT molecular complexity index is 969. The summed E-state index contributed by atoms with van der Waals surface area (Å²) in [5, 5.41) is 0.295. The first-order chi connectivity index (χ1) is 12.7. The third-order valence-corrected chi connectivity index (χ3v) is 7.97. The first-order valence-corrected chi connectivity index (χ1v) is 11.6. The number of ether oxygens (including phenoxy) is 1. The van der Waals surface area contributed by atoms with Crippen molar-refractivity contribution in [2.75, 3.05) is 33.3 Å². The summed E-state index contributed by atoms with van der Waals surface area (Å²) in [6.45, 7) is 3.04. The number of sulfonamides is 1. The molecule has 1 amide bonds. The van der Waals surface area contributed by atoms with E-state index in [2.05, 4.69) is 15.9 Å². The van der Waals surface area contributed by atoms with Crippen molar-refractivity contribution >= 4 is 54.8 Å². The minimum absolute atomic E-state index is 0.0121. The Hall–Kier alpha value is -1.13. The maximum Gasteiger partial charge on any atom is 0.264 e. The van der Waals surface area contributed by atoms with E-state index in [1.54, 1.807) is 17.0 Å². The van der Waals surface area contributed by atoms with Gasteiger partial charge in [0, 0.05) is 36.1 Å². The van der Waals surface area contributed by atoms with E-state index in [9.17, 15) is 13.2 Å². The summed E-state index contributed by atoms with van der Waals surface area (Å²) in [5.41, 5.74) is 0. The number of hydrogen-bond acceptors (Lipinski definition) is 5. The van der Waals surface area contributed by atoms with Crippen LogP contribution in [0.4, 0.5) is 0 Å². The number of rotatable bonds is 4. The molecule has 0 unspecified atom stereocenters. The maximum absolute atomic E-state index is 13.1. The lowest BCUT2D eigenvalue weighted by Gasteiger charge is -2.34. The molecule has 0 N–H and O–H groups in total. The quantitative estimate of drug-likeness (QED) is 0.652. The van der Waals surface area contributed by atoms with E-state index < -0.39 is 10.0 Å². The molecule has 0 atom stereocenters. The third-order valence-electron chi connectivity index (χ3n) is 4.27. The first-order valence-electron chi connectivity index (χ1n) is 8.13. The van der Waals surface area contributed by atoms with Gasteiger partial charge in [0.15, 0.2) is 5.75 Å². The van der Waals surface area contributed by atoms with Crippen LogP contribution >= 0.6 is 38.9 Å². The van der Waals surface area contributed by atoms with Gasteiger partial charge in [-0.15, -0.1) is 11.3 Å². The molecule has 1 aromatic heterocycles. The highest BCUT2D eigenvalue weighted by molar-refractivity contribution is 9.10. The van der Waals surface area contributed by atoms with Crippen molar-refractivity contribution in [1.29, 1.82) is 0 Å². The Labute approximate surface area is 175 Å². The molecule has 3 rings (SSSR count). The number of carbonyl (C=O) groups excluding carboxylic acids is 1. The van der Waals surface area contributed by atoms with Crippen molar-refractivity contribution in [2.45, 2.75) is 11.8 Å². The molecule has 1 aliphatic rings. The molecule has 0 bridgehead atoms. The second-order valence-corrected chi connectivity index (χ2v) is 10.5. The van der Waals surface area contributed by atoms with Crippen LogP contribution in [0.3, 0.4) is 0 Å². The Morgan fingerprint density at radius 1 is 1.22 bits per heavy atom. The van der Waals surface area contributed by atoms with Gasteiger partial charge in [0.1, 0.15) is 4.90 Å². The zero-order valence-electron chi connectivity index (χ0n) is 14.7. The number of benzene rings is 1. The minimum Gasteiger partial charge on any atom is -0.494 e. The number of piperazine rings is 1. The van der Waals surface area contributed by atoms with Gasteiger partial charge in [-0.2, -0.15) is 4.31 Å². The summed E-state index contributed by atoms with van der Waals surface area (Å²) in [6.07, 6.45) is 0. The molecule has 1 fully saturated rings. The number of thiophene rings is 1. The molecule has 0 aliphatic carbocycles. The fraction of sp³-hybridized carbons (Fsp3) is 0.353. The van der Waals surface area contributed by atoms with Crippen LogP contribution in [0.15, 0.2) is 33.6 Å². The topological polar surface area (TPSA) is 66.9 Å². The second kappa shape index (κ2) is 8.08. The summed E-state index contributed by atoms with van der Waals surface area (Å²) in [5.74, 6) is 0.153. The third kappa shape index (κ3) is 4.17. The number of aryl methyl sites for hydroxylation is 1. The van der Waals surface area contributed by atoms with E-state index >= 15 is 0 Å². The molecule has 1 aliphatic heterocycles. The highest BCUT2D eigenvalue weighted by Crippen LogP contribution is 2.37. The van der Waals surface area contributed by atoms with E-state index in [0.29, 0.717) is 27.5 Å². The van der Waals surface area contributed by atoms with Gasteiger partial charge in [0.2, 0.25) is 10.0 Å². The van der Waals surface area contributed by atoms with Gasteiger partial charge in [-0.05, 0) is 47.1 Å². The van der Waals surface area contributed by atoms with Crippen molar-refractivity contribution in [3.8, 4) is 5.75 Å². The van der Waals surface area contributed by atoms with Crippen LogP contribution in [-0.2, 0) is 10.0 Å². The van der Waals surface area contributed by atoms with Gasteiger partial charge in [0.25, 0.3) is 5.91 Å². The Morgan fingerprint density at radius 2 is 1.89 bits per heavy atom. The van der Waals surface area contributed by atoms with E-state index in [1.807, 2.05) is 13.0 Å². The van der Waals surface area contributed by atoms with Gasteiger partial charge in [-0.1, -0.05) is 11.6 Å². The van der Waals surface area contributed by atoms with Gasteiger partial charge in [0.05, 0.1) is 16.5 Å². The molecule has 0 spiro atoms. The van der Waals surface area contributed by atoms with Crippen LogP contribution in [0.25, 0.3) is 0 Å². The monoisotopic (exact) mass is 492 g/mol. The minimum atomic E-state index is -3.80. The SMILES string of the molecule is COc1c(Br)cc(Cl)cc1S(=O)(=O)N1CCN(C(=O)c2ccc(C)s2)CC1. The maximum atomic E-state index is 13.1. The summed E-state index contributed by atoms with van der Waals surface area (Å²) in [4.78, 5) is 16.0. The van der Waals surface area contributed by atoms with Gasteiger partial charge in [-0.25, -0.2) is 8.42 Å². The molecule has 2 aromatic rings. The molecule has 2 heterocycles. The van der Waals surface area contributed by atoms with E-state index in [0.717, 1.165) is 4.88 Å². The van der Waals surface area contributed by atoms with Crippen LogP contribution in [0, 0.1) is 6.92 Å². The lowest BCUT2D eigenvalue weighted by atomic mass is 10.3. The van der Waals surface area contributed by atoms with Crippen LogP contribution in [0.1, 0.15) is 14.5 Å². The Kier molecular flexibility index (Phi) is 6.17. The number of methoxy groups -OCH3 is 1. The summed E-state index contributed by atoms with van der Waals surface area (Å²) < 4.78 is 33.3. The van der Waals surface area contributed by atoms with Crippen molar-refractivity contribution in [1.82, 2.24) is 9.21 Å². The zero-order chi connectivity index (χ0) is 19.8. The standard InChI is InChI=1S/C17H18BrClN2O4S2/c1-11-3-4-14(26-11)17(22)20-5-7-21(8-6-20)27(23,24)15-10-12(19)9-13(18)16(15)25-2/h3-4,9-10H,5-8H2,1-2H3. The molecule has 1 saturated heterocycles. The molecular weight excluding hydrogens is 476 g/mol. The van der Waals surface area contributed by atoms with Crippen LogP contribution < -0.4 is 4.74 Å². The summed E-state index contributed by atoms with van der Waals surface area (Å²) >= 11 is 10.8.